The summed E-state index contributed by atoms with van der Waals surface area (Å²) in [4.78, 5) is 11.2. The Morgan fingerprint density at radius 1 is 1.11 bits per heavy atom. The van der Waals surface area contributed by atoms with Crippen molar-refractivity contribution in [2.24, 2.45) is 5.73 Å². The van der Waals surface area contributed by atoms with Crippen LogP contribution in [-0.4, -0.2) is 75.6 Å². The quantitative estimate of drug-likeness (QED) is 0.226. The highest BCUT2D eigenvalue weighted by atomic mass is 16.4. The molecule has 0 aromatic rings. The second-order valence-corrected chi connectivity index (χ2v) is 3.99. The lowest BCUT2D eigenvalue weighted by atomic mass is 10.0. The van der Waals surface area contributed by atoms with Crippen molar-refractivity contribution < 1.29 is 30.3 Å². The summed E-state index contributed by atoms with van der Waals surface area (Å²) in [7, 11) is 0. The van der Waals surface area contributed by atoms with Crippen molar-refractivity contribution in [1.29, 1.82) is 0 Å². The fourth-order valence-corrected chi connectivity index (χ4v) is 1.25. The molecule has 0 saturated heterocycles. The fraction of sp³-hybridized carbons (Fsp3) is 0.900. The van der Waals surface area contributed by atoms with Crippen LogP contribution in [0.15, 0.2) is 0 Å². The van der Waals surface area contributed by atoms with E-state index in [-0.39, 0.29) is 18.9 Å². The van der Waals surface area contributed by atoms with Crippen molar-refractivity contribution in [3.05, 3.63) is 0 Å². The van der Waals surface area contributed by atoms with Gasteiger partial charge in [-0.2, -0.15) is 0 Å². The Morgan fingerprint density at radius 3 is 2.17 bits per heavy atom. The van der Waals surface area contributed by atoms with Gasteiger partial charge in [0.2, 0.25) is 5.91 Å². The maximum Gasteiger partial charge on any atom is 0.220 e. The lowest BCUT2D eigenvalue weighted by molar-refractivity contribution is -0.126. The average Bonchev–Trinajstić information content (AvgIpc) is 2.39. The first-order chi connectivity index (χ1) is 8.43. The summed E-state index contributed by atoms with van der Waals surface area (Å²) in [6.07, 6.45) is -5.63. The molecule has 0 aromatic carbocycles. The predicted octanol–water partition coefficient (Wildman–Crippen LogP) is -3.72. The van der Waals surface area contributed by atoms with Crippen LogP contribution in [0.25, 0.3) is 0 Å². The topological polar surface area (TPSA) is 156 Å². The molecule has 0 heterocycles. The number of carbonyl (C=O) groups is 1. The van der Waals surface area contributed by atoms with Gasteiger partial charge < -0.3 is 36.6 Å². The summed E-state index contributed by atoms with van der Waals surface area (Å²) >= 11 is 0. The van der Waals surface area contributed by atoms with Crippen LogP contribution >= 0.6 is 0 Å². The van der Waals surface area contributed by atoms with Crippen LogP contribution < -0.4 is 11.1 Å². The minimum Gasteiger partial charge on any atom is -0.394 e. The molecule has 8 heteroatoms. The monoisotopic (exact) mass is 266 g/mol. The Bertz CT molecular complexity index is 240. The molecule has 0 spiro atoms. The lowest BCUT2D eigenvalue weighted by Gasteiger charge is -2.25. The van der Waals surface area contributed by atoms with Crippen molar-refractivity contribution in [2.75, 3.05) is 19.7 Å². The second kappa shape index (κ2) is 9.20. The van der Waals surface area contributed by atoms with Crippen molar-refractivity contribution in [3.8, 4) is 0 Å². The zero-order valence-electron chi connectivity index (χ0n) is 10.1. The number of aliphatic hydroxyl groups excluding tert-OH is 5. The largest absolute Gasteiger partial charge is 0.394 e. The number of nitrogens with two attached hydrogens (primary N) is 1. The van der Waals surface area contributed by atoms with E-state index in [2.05, 4.69) is 5.32 Å². The van der Waals surface area contributed by atoms with Crippen LogP contribution in [0.2, 0.25) is 0 Å². The van der Waals surface area contributed by atoms with Gasteiger partial charge >= 0.3 is 0 Å². The van der Waals surface area contributed by atoms with E-state index < -0.39 is 31.0 Å². The third kappa shape index (κ3) is 6.24. The molecule has 0 radical (unpaired) electrons. The molecule has 108 valence electrons. The average molecular weight is 266 g/mol. The SMILES string of the molecule is NCCCC(=O)NC[C@H](O)[C@@H](O)[C@H](O)[C@H](O)CO. The number of carbonyl (C=O) groups excluding carboxylic acids is 1. The van der Waals surface area contributed by atoms with Gasteiger partial charge in [-0.05, 0) is 13.0 Å². The Balaban J connectivity index is 4.00. The first-order valence-corrected chi connectivity index (χ1v) is 5.73. The van der Waals surface area contributed by atoms with Gasteiger partial charge in [0.05, 0.1) is 12.7 Å². The summed E-state index contributed by atoms with van der Waals surface area (Å²) in [5.74, 6) is -0.330. The van der Waals surface area contributed by atoms with E-state index in [0.29, 0.717) is 13.0 Å². The minimum absolute atomic E-state index is 0.209. The maximum absolute atomic E-state index is 11.2. The van der Waals surface area contributed by atoms with E-state index in [4.69, 9.17) is 15.9 Å². The molecule has 0 rings (SSSR count). The molecule has 4 atom stereocenters. The molecule has 1 amide bonds. The van der Waals surface area contributed by atoms with Gasteiger partial charge in [0.25, 0.3) is 0 Å². The van der Waals surface area contributed by atoms with Gasteiger partial charge in [0.15, 0.2) is 0 Å². The lowest BCUT2D eigenvalue weighted by Crippen LogP contribution is -2.49. The van der Waals surface area contributed by atoms with Crippen LogP contribution in [0, 0.1) is 0 Å². The summed E-state index contributed by atoms with van der Waals surface area (Å²) in [5, 5.41) is 48.2. The first-order valence-electron chi connectivity index (χ1n) is 5.73. The van der Waals surface area contributed by atoms with Crippen LogP contribution in [0.1, 0.15) is 12.8 Å². The zero-order valence-corrected chi connectivity index (χ0v) is 10.1. The van der Waals surface area contributed by atoms with Gasteiger partial charge in [0.1, 0.15) is 18.3 Å². The molecular formula is C10H22N2O6. The first kappa shape index (κ1) is 17.2. The Hall–Kier alpha value is -0.770. The smallest absolute Gasteiger partial charge is 0.220 e. The predicted molar refractivity (Wildman–Crippen MR) is 62.4 cm³/mol. The van der Waals surface area contributed by atoms with E-state index >= 15 is 0 Å². The normalized spacial score (nSPS) is 17.9. The van der Waals surface area contributed by atoms with Gasteiger partial charge in [-0.25, -0.2) is 0 Å². The highest BCUT2D eigenvalue weighted by Crippen LogP contribution is 2.04. The van der Waals surface area contributed by atoms with Gasteiger partial charge in [-0.1, -0.05) is 0 Å². The molecule has 0 aromatic heterocycles. The van der Waals surface area contributed by atoms with E-state index in [0.717, 1.165) is 0 Å². The van der Waals surface area contributed by atoms with Crippen molar-refractivity contribution >= 4 is 5.91 Å². The minimum atomic E-state index is -1.69. The third-order valence-corrected chi connectivity index (χ3v) is 2.44. The number of hydrogen-bond donors (Lipinski definition) is 7. The third-order valence-electron chi connectivity index (χ3n) is 2.44. The van der Waals surface area contributed by atoms with Gasteiger partial charge in [-0.3, -0.25) is 4.79 Å². The number of rotatable bonds is 9. The standard InChI is InChI=1S/C10H22N2O6/c11-3-1-2-8(16)12-4-6(14)9(17)10(18)7(15)5-13/h6-7,9-10,13-15,17-18H,1-5,11H2,(H,12,16)/t6-,7+,9+,10+/m0/s1. The number of aliphatic hydroxyl groups is 5. The van der Waals surface area contributed by atoms with Crippen molar-refractivity contribution in [2.45, 2.75) is 37.3 Å². The zero-order chi connectivity index (χ0) is 14.1. The molecule has 18 heavy (non-hydrogen) atoms. The molecule has 8 nitrogen and oxygen atoms in total. The van der Waals surface area contributed by atoms with Crippen LogP contribution in [0.5, 0.6) is 0 Å². The van der Waals surface area contributed by atoms with Gasteiger partial charge in [0, 0.05) is 13.0 Å². The molecule has 0 unspecified atom stereocenters. The maximum atomic E-state index is 11.2. The molecule has 0 saturated carbocycles. The number of amides is 1. The summed E-state index contributed by atoms with van der Waals surface area (Å²) in [5.41, 5.74) is 5.22. The van der Waals surface area contributed by atoms with Crippen LogP contribution in [0.4, 0.5) is 0 Å². The van der Waals surface area contributed by atoms with Gasteiger partial charge in [-0.15, -0.1) is 0 Å². The molecule has 0 aliphatic rings. The second-order valence-electron chi connectivity index (χ2n) is 3.99. The fourth-order valence-electron chi connectivity index (χ4n) is 1.25. The summed E-state index contributed by atoms with van der Waals surface area (Å²) in [6.45, 7) is -0.631. The van der Waals surface area contributed by atoms with Crippen molar-refractivity contribution in [1.82, 2.24) is 5.32 Å². The molecule has 0 aliphatic carbocycles. The highest BCUT2D eigenvalue weighted by molar-refractivity contribution is 5.75. The molecule has 0 aliphatic heterocycles. The molecular weight excluding hydrogens is 244 g/mol. The molecule has 0 fully saturated rings. The van der Waals surface area contributed by atoms with Crippen molar-refractivity contribution in [3.63, 3.8) is 0 Å². The Kier molecular flexibility index (Phi) is 8.81. The Labute approximate surface area is 105 Å². The van der Waals surface area contributed by atoms with E-state index in [1.54, 1.807) is 0 Å². The molecule has 0 bridgehead atoms. The summed E-state index contributed by atoms with van der Waals surface area (Å²) < 4.78 is 0. The highest BCUT2D eigenvalue weighted by Gasteiger charge is 2.29. The van der Waals surface area contributed by atoms with E-state index in [1.165, 1.54) is 0 Å². The number of hydrogen-bond acceptors (Lipinski definition) is 7. The van der Waals surface area contributed by atoms with Crippen LogP contribution in [0.3, 0.4) is 0 Å². The number of nitrogens with one attached hydrogen (secondary N) is 1. The molecule has 8 N–H and O–H groups in total. The Morgan fingerprint density at radius 2 is 1.67 bits per heavy atom. The van der Waals surface area contributed by atoms with E-state index in [1.807, 2.05) is 0 Å². The van der Waals surface area contributed by atoms with E-state index in [9.17, 15) is 20.1 Å². The summed E-state index contributed by atoms with van der Waals surface area (Å²) in [6, 6.07) is 0. The van der Waals surface area contributed by atoms with Crippen LogP contribution in [-0.2, 0) is 4.79 Å².